The fraction of sp³-hybridized carbons (Fsp3) is 0.286. The van der Waals surface area contributed by atoms with E-state index in [1.807, 2.05) is 31.2 Å². The molecule has 4 nitrogen and oxygen atoms in total. The fourth-order valence-electron chi connectivity index (χ4n) is 3.73. The van der Waals surface area contributed by atoms with Crippen molar-refractivity contribution in [3.8, 4) is 11.4 Å². The molecule has 2 aromatic heterocycles. The standard InChI is InChI=1S/C21H21FN4/c1-14-8-10-26(20(14)16-5-3-7-18(22)12-16)19-11-15(2)24-21(25-19)17-6-4-9-23-13-17/h3-7,9,11-14,20H,8,10H2,1-2H3. The number of aryl methyl sites for hydroxylation is 1. The second-order valence-corrected chi connectivity index (χ2v) is 6.89. The number of halogens is 1. The van der Waals surface area contributed by atoms with E-state index in [-0.39, 0.29) is 11.9 Å². The van der Waals surface area contributed by atoms with Gasteiger partial charge in [-0.3, -0.25) is 4.98 Å². The lowest BCUT2D eigenvalue weighted by molar-refractivity contribution is 0.526. The van der Waals surface area contributed by atoms with Crippen LogP contribution in [0.3, 0.4) is 0 Å². The van der Waals surface area contributed by atoms with Crippen molar-refractivity contribution in [2.45, 2.75) is 26.3 Å². The summed E-state index contributed by atoms with van der Waals surface area (Å²) in [5, 5.41) is 0. The molecule has 0 spiro atoms. The van der Waals surface area contributed by atoms with Crippen molar-refractivity contribution in [1.29, 1.82) is 0 Å². The molecule has 0 saturated carbocycles. The molecular formula is C21H21FN4. The Labute approximate surface area is 152 Å². The summed E-state index contributed by atoms with van der Waals surface area (Å²) < 4.78 is 13.8. The highest BCUT2D eigenvalue weighted by Gasteiger charge is 2.33. The molecule has 26 heavy (non-hydrogen) atoms. The first-order chi connectivity index (χ1) is 12.6. The molecule has 132 valence electrons. The third kappa shape index (κ3) is 3.17. The number of anilines is 1. The van der Waals surface area contributed by atoms with Crippen LogP contribution in [-0.4, -0.2) is 21.5 Å². The number of pyridine rings is 1. The van der Waals surface area contributed by atoms with E-state index >= 15 is 0 Å². The summed E-state index contributed by atoms with van der Waals surface area (Å²) in [6.45, 7) is 5.08. The number of rotatable bonds is 3. The molecule has 2 unspecified atom stereocenters. The molecular weight excluding hydrogens is 327 g/mol. The average Bonchev–Trinajstić information content (AvgIpc) is 3.03. The molecule has 3 aromatic rings. The minimum Gasteiger partial charge on any atom is -0.349 e. The van der Waals surface area contributed by atoms with Crippen molar-refractivity contribution >= 4 is 5.82 Å². The second-order valence-electron chi connectivity index (χ2n) is 6.89. The van der Waals surface area contributed by atoms with Crippen molar-refractivity contribution in [2.24, 2.45) is 5.92 Å². The lowest BCUT2D eigenvalue weighted by Gasteiger charge is -2.29. The van der Waals surface area contributed by atoms with E-state index in [0.29, 0.717) is 11.7 Å². The summed E-state index contributed by atoms with van der Waals surface area (Å²) in [4.78, 5) is 15.8. The Kier molecular flexibility index (Phi) is 4.37. The van der Waals surface area contributed by atoms with Gasteiger partial charge in [0.15, 0.2) is 5.82 Å². The topological polar surface area (TPSA) is 41.9 Å². The fourth-order valence-corrected chi connectivity index (χ4v) is 3.73. The molecule has 3 heterocycles. The molecule has 0 aliphatic carbocycles. The highest BCUT2D eigenvalue weighted by Crippen LogP contribution is 2.40. The summed E-state index contributed by atoms with van der Waals surface area (Å²) in [6.07, 6.45) is 4.56. The van der Waals surface area contributed by atoms with Gasteiger partial charge in [-0.05, 0) is 49.1 Å². The van der Waals surface area contributed by atoms with Crippen molar-refractivity contribution in [2.75, 3.05) is 11.4 Å². The molecule has 1 aliphatic rings. The number of hydrogen-bond acceptors (Lipinski definition) is 4. The summed E-state index contributed by atoms with van der Waals surface area (Å²) in [5.41, 5.74) is 2.80. The summed E-state index contributed by atoms with van der Waals surface area (Å²) in [5.74, 6) is 1.78. The lowest BCUT2D eigenvalue weighted by atomic mass is 9.95. The molecule has 1 fully saturated rings. The van der Waals surface area contributed by atoms with Crippen LogP contribution in [0.5, 0.6) is 0 Å². The first-order valence-electron chi connectivity index (χ1n) is 8.90. The molecule has 0 amide bonds. The Morgan fingerprint density at radius 3 is 2.77 bits per heavy atom. The largest absolute Gasteiger partial charge is 0.349 e. The smallest absolute Gasteiger partial charge is 0.163 e. The average molecular weight is 348 g/mol. The predicted octanol–water partition coefficient (Wildman–Crippen LogP) is 4.57. The van der Waals surface area contributed by atoms with Crippen LogP contribution < -0.4 is 4.90 Å². The number of nitrogens with zero attached hydrogens (tertiary/aromatic N) is 4. The van der Waals surface area contributed by atoms with Gasteiger partial charge in [-0.1, -0.05) is 19.1 Å². The van der Waals surface area contributed by atoms with E-state index in [4.69, 9.17) is 4.98 Å². The normalized spacial score (nSPS) is 19.7. The first kappa shape index (κ1) is 16.6. The monoisotopic (exact) mass is 348 g/mol. The Balaban J connectivity index is 1.75. The molecule has 5 heteroatoms. The van der Waals surface area contributed by atoms with Gasteiger partial charge in [0.25, 0.3) is 0 Å². The van der Waals surface area contributed by atoms with E-state index in [0.717, 1.165) is 35.6 Å². The minimum absolute atomic E-state index is 0.113. The minimum atomic E-state index is -0.198. The van der Waals surface area contributed by atoms with Crippen molar-refractivity contribution in [3.63, 3.8) is 0 Å². The number of aromatic nitrogens is 3. The van der Waals surface area contributed by atoms with Gasteiger partial charge in [0.05, 0.1) is 6.04 Å². The summed E-state index contributed by atoms with van der Waals surface area (Å²) >= 11 is 0. The molecule has 0 bridgehead atoms. The van der Waals surface area contributed by atoms with E-state index in [1.165, 1.54) is 6.07 Å². The molecule has 0 N–H and O–H groups in total. The van der Waals surface area contributed by atoms with Crippen molar-refractivity contribution in [3.05, 3.63) is 71.9 Å². The maximum absolute atomic E-state index is 13.8. The van der Waals surface area contributed by atoms with Crippen LogP contribution in [-0.2, 0) is 0 Å². The lowest BCUT2D eigenvalue weighted by Crippen LogP contribution is -2.26. The Morgan fingerprint density at radius 2 is 2.00 bits per heavy atom. The Morgan fingerprint density at radius 1 is 1.12 bits per heavy atom. The van der Waals surface area contributed by atoms with Gasteiger partial charge in [0, 0.05) is 36.3 Å². The van der Waals surface area contributed by atoms with E-state index < -0.39 is 0 Å². The zero-order valence-electron chi connectivity index (χ0n) is 14.9. The van der Waals surface area contributed by atoms with Crippen LogP contribution in [0.1, 0.15) is 30.6 Å². The third-order valence-electron chi connectivity index (χ3n) is 4.95. The Bertz CT molecular complexity index is 913. The van der Waals surface area contributed by atoms with Crippen LogP contribution in [0.25, 0.3) is 11.4 Å². The molecule has 1 saturated heterocycles. The van der Waals surface area contributed by atoms with E-state index in [9.17, 15) is 4.39 Å². The van der Waals surface area contributed by atoms with E-state index in [1.54, 1.807) is 24.5 Å². The molecule has 1 aromatic carbocycles. The van der Waals surface area contributed by atoms with E-state index in [2.05, 4.69) is 21.8 Å². The quantitative estimate of drug-likeness (QED) is 0.695. The highest BCUT2D eigenvalue weighted by molar-refractivity contribution is 5.57. The highest BCUT2D eigenvalue weighted by atomic mass is 19.1. The third-order valence-corrected chi connectivity index (χ3v) is 4.95. The van der Waals surface area contributed by atoms with Crippen LogP contribution >= 0.6 is 0 Å². The predicted molar refractivity (Wildman–Crippen MR) is 100 cm³/mol. The molecule has 2 atom stereocenters. The number of benzene rings is 1. The maximum atomic E-state index is 13.8. The van der Waals surface area contributed by atoms with Crippen LogP contribution in [0.15, 0.2) is 54.9 Å². The van der Waals surface area contributed by atoms with Gasteiger partial charge < -0.3 is 4.90 Å². The van der Waals surface area contributed by atoms with Gasteiger partial charge in [-0.2, -0.15) is 0 Å². The zero-order valence-corrected chi connectivity index (χ0v) is 14.9. The SMILES string of the molecule is Cc1cc(N2CCC(C)C2c2cccc(F)c2)nc(-c2cccnc2)n1. The Hall–Kier alpha value is -2.82. The molecule has 1 aliphatic heterocycles. The first-order valence-corrected chi connectivity index (χ1v) is 8.90. The van der Waals surface area contributed by atoms with Gasteiger partial charge in [-0.15, -0.1) is 0 Å². The zero-order chi connectivity index (χ0) is 18.1. The second kappa shape index (κ2) is 6.83. The number of hydrogen-bond donors (Lipinski definition) is 0. The molecule has 4 rings (SSSR count). The van der Waals surface area contributed by atoms with Gasteiger partial charge >= 0.3 is 0 Å². The molecule has 0 radical (unpaired) electrons. The summed E-state index contributed by atoms with van der Waals surface area (Å²) in [7, 11) is 0. The van der Waals surface area contributed by atoms with Gasteiger partial charge in [0.2, 0.25) is 0 Å². The van der Waals surface area contributed by atoms with Crippen LogP contribution in [0, 0.1) is 18.7 Å². The van der Waals surface area contributed by atoms with Crippen molar-refractivity contribution in [1.82, 2.24) is 15.0 Å². The van der Waals surface area contributed by atoms with Crippen LogP contribution in [0.2, 0.25) is 0 Å². The van der Waals surface area contributed by atoms with Crippen LogP contribution in [0.4, 0.5) is 10.2 Å². The maximum Gasteiger partial charge on any atom is 0.163 e. The van der Waals surface area contributed by atoms with Gasteiger partial charge in [-0.25, -0.2) is 14.4 Å². The van der Waals surface area contributed by atoms with Gasteiger partial charge in [0.1, 0.15) is 11.6 Å². The van der Waals surface area contributed by atoms with Crippen molar-refractivity contribution < 1.29 is 4.39 Å². The summed E-state index contributed by atoms with van der Waals surface area (Å²) in [6, 6.07) is 12.9.